The summed E-state index contributed by atoms with van der Waals surface area (Å²) in [5.41, 5.74) is 0. The topological polar surface area (TPSA) is 52.6 Å². The van der Waals surface area contributed by atoms with Gasteiger partial charge in [-0.05, 0) is 12.3 Å². The molecule has 14 heavy (non-hydrogen) atoms. The van der Waals surface area contributed by atoms with E-state index in [0.717, 1.165) is 26.1 Å². The van der Waals surface area contributed by atoms with Crippen LogP contribution in [0.3, 0.4) is 0 Å². The van der Waals surface area contributed by atoms with E-state index in [9.17, 15) is 4.79 Å². The van der Waals surface area contributed by atoms with Gasteiger partial charge < -0.3 is 10.4 Å². The Morgan fingerprint density at radius 2 is 2.36 bits per heavy atom. The van der Waals surface area contributed by atoms with Crippen LogP contribution >= 0.6 is 0 Å². The van der Waals surface area contributed by atoms with Crippen molar-refractivity contribution in [2.45, 2.75) is 26.3 Å². The summed E-state index contributed by atoms with van der Waals surface area (Å²) in [5.74, 6) is 0.487. The molecule has 1 atom stereocenters. The van der Waals surface area contributed by atoms with Gasteiger partial charge in [0.2, 0.25) is 5.91 Å². The van der Waals surface area contributed by atoms with Gasteiger partial charge in [-0.15, -0.1) is 0 Å². The Kier molecular flexibility index (Phi) is 4.35. The van der Waals surface area contributed by atoms with E-state index in [-0.39, 0.29) is 18.6 Å². The van der Waals surface area contributed by atoms with Gasteiger partial charge in [0.15, 0.2) is 0 Å². The number of hydrogen-bond donors (Lipinski definition) is 2. The van der Waals surface area contributed by atoms with Crippen molar-refractivity contribution in [2.24, 2.45) is 5.92 Å². The Hall–Kier alpha value is -0.610. The van der Waals surface area contributed by atoms with Gasteiger partial charge in [-0.2, -0.15) is 0 Å². The fourth-order valence-corrected chi connectivity index (χ4v) is 1.82. The quantitative estimate of drug-likeness (QED) is 0.665. The van der Waals surface area contributed by atoms with Gasteiger partial charge in [-0.3, -0.25) is 9.69 Å². The molecular weight excluding hydrogens is 180 g/mol. The van der Waals surface area contributed by atoms with Crippen molar-refractivity contribution in [1.29, 1.82) is 0 Å². The highest BCUT2D eigenvalue weighted by atomic mass is 16.3. The third kappa shape index (κ3) is 2.96. The van der Waals surface area contributed by atoms with Gasteiger partial charge in [-0.1, -0.05) is 13.8 Å². The third-order valence-electron chi connectivity index (χ3n) is 2.44. The zero-order valence-electron chi connectivity index (χ0n) is 8.99. The van der Waals surface area contributed by atoms with Crippen molar-refractivity contribution in [3.63, 3.8) is 0 Å². The van der Waals surface area contributed by atoms with Gasteiger partial charge in [0.25, 0.3) is 0 Å². The molecule has 4 nitrogen and oxygen atoms in total. The molecule has 0 radical (unpaired) electrons. The summed E-state index contributed by atoms with van der Waals surface area (Å²) in [6.45, 7) is 6.65. The standard InChI is InChI=1S/C10H20N2O2/c1-8(2)6-12-5-3-4-11-10(14)9(12)7-13/h8-9,13H,3-7H2,1-2H3,(H,11,14). The van der Waals surface area contributed by atoms with E-state index in [4.69, 9.17) is 5.11 Å². The van der Waals surface area contributed by atoms with Gasteiger partial charge in [0, 0.05) is 19.6 Å². The lowest BCUT2D eigenvalue weighted by atomic mass is 10.1. The van der Waals surface area contributed by atoms with Crippen LogP contribution < -0.4 is 5.32 Å². The first kappa shape index (κ1) is 11.5. The number of hydrogen-bond acceptors (Lipinski definition) is 3. The maximum absolute atomic E-state index is 11.5. The van der Waals surface area contributed by atoms with E-state index in [1.807, 2.05) is 0 Å². The molecule has 1 unspecified atom stereocenters. The summed E-state index contributed by atoms with van der Waals surface area (Å²) in [7, 11) is 0. The maximum atomic E-state index is 11.5. The van der Waals surface area contributed by atoms with Crippen LogP contribution in [0.2, 0.25) is 0 Å². The molecule has 1 aliphatic rings. The van der Waals surface area contributed by atoms with Crippen LogP contribution in [0.25, 0.3) is 0 Å². The first-order valence-electron chi connectivity index (χ1n) is 5.27. The lowest BCUT2D eigenvalue weighted by Gasteiger charge is -2.28. The highest BCUT2D eigenvalue weighted by Gasteiger charge is 2.27. The molecule has 1 aliphatic heterocycles. The molecule has 0 aromatic rings. The zero-order chi connectivity index (χ0) is 10.6. The van der Waals surface area contributed by atoms with Gasteiger partial charge >= 0.3 is 0 Å². The average Bonchev–Trinajstić information content (AvgIpc) is 2.27. The second-order valence-electron chi connectivity index (χ2n) is 4.23. The summed E-state index contributed by atoms with van der Waals surface area (Å²) in [6, 6.07) is -0.347. The molecule has 0 aromatic carbocycles. The predicted molar refractivity (Wildman–Crippen MR) is 54.9 cm³/mol. The number of aliphatic hydroxyl groups excluding tert-OH is 1. The van der Waals surface area contributed by atoms with Crippen molar-refractivity contribution >= 4 is 5.91 Å². The number of nitrogens with zero attached hydrogens (tertiary/aromatic N) is 1. The van der Waals surface area contributed by atoms with Crippen LogP contribution in [0.4, 0.5) is 0 Å². The molecule has 0 spiro atoms. The van der Waals surface area contributed by atoms with Crippen molar-refractivity contribution < 1.29 is 9.90 Å². The largest absolute Gasteiger partial charge is 0.394 e. The minimum absolute atomic E-state index is 0.0364. The Morgan fingerprint density at radius 1 is 1.64 bits per heavy atom. The highest BCUT2D eigenvalue weighted by molar-refractivity contribution is 5.82. The first-order chi connectivity index (χ1) is 6.65. The summed E-state index contributed by atoms with van der Waals surface area (Å²) < 4.78 is 0. The van der Waals surface area contributed by atoms with Crippen LogP contribution in [0.5, 0.6) is 0 Å². The molecule has 2 N–H and O–H groups in total. The molecular formula is C10H20N2O2. The van der Waals surface area contributed by atoms with Crippen LogP contribution in [0.15, 0.2) is 0 Å². The number of aliphatic hydroxyl groups is 1. The lowest BCUT2D eigenvalue weighted by molar-refractivity contribution is -0.127. The van der Waals surface area contributed by atoms with E-state index in [1.54, 1.807) is 0 Å². The van der Waals surface area contributed by atoms with Gasteiger partial charge in [0.1, 0.15) is 6.04 Å². The van der Waals surface area contributed by atoms with Crippen molar-refractivity contribution in [3.05, 3.63) is 0 Å². The number of carbonyl (C=O) groups excluding carboxylic acids is 1. The summed E-state index contributed by atoms with van der Waals surface area (Å²) in [5, 5.41) is 12.0. The Labute approximate surface area is 85.3 Å². The number of carbonyl (C=O) groups is 1. The SMILES string of the molecule is CC(C)CN1CCCNC(=O)C1CO. The molecule has 1 saturated heterocycles. The van der Waals surface area contributed by atoms with Gasteiger partial charge in [-0.25, -0.2) is 0 Å². The first-order valence-corrected chi connectivity index (χ1v) is 5.27. The normalized spacial score (nSPS) is 24.9. The minimum Gasteiger partial charge on any atom is -0.394 e. The Balaban J connectivity index is 2.62. The molecule has 1 amide bonds. The van der Waals surface area contributed by atoms with Crippen molar-refractivity contribution in [1.82, 2.24) is 10.2 Å². The third-order valence-corrected chi connectivity index (χ3v) is 2.44. The fourth-order valence-electron chi connectivity index (χ4n) is 1.82. The Bertz CT molecular complexity index is 195. The molecule has 0 aromatic heterocycles. The van der Waals surface area contributed by atoms with Crippen LogP contribution in [0.1, 0.15) is 20.3 Å². The summed E-state index contributed by atoms with van der Waals surface area (Å²) in [4.78, 5) is 13.6. The molecule has 0 bridgehead atoms. The molecule has 0 aliphatic carbocycles. The smallest absolute Gasteiger partial charge is 0.239 e. The lowest BCUT2D eigenvalue weighted by Crippen LogP contribution is -2.47. The zero-order valence-corrected chi connectivity index (χ0v) is 8.99. The van der Waals surface area contributed by atoms with Crippen molar-refractivity contribution in [2.75, 3.05) is 26.2 Å². The highest BCUT2D eigenvalue weighted by Crippen LogP contribution is 2.08. The van der Waals surface area contributed by atoms with Crippen molar-refractivity contribution in [3.8, 4) is 0 Å². The summed E-state index contributed by atoms with van der Waals surface area (Å²) in [6.07, 6.45) is 0.967. The monoisotopic (exact) mass is 200 g/mol. The molecule has 1 rings (SSSR count). The van der Waals surface area contributed by atoms with Crippen LogP contribution in [-0.4, -0.2) is 48.2 Å². The predicted octanol–water partition coefficient (Wildman–Crippen LogP) is -0.175. The second-order valence-corrected chi connectivity index (χ2v) is 4.23. The van der Waals surface area contributed by atoms with E-state index in [2.05, 4.69) is 24.1 Å². The Morgan fingerprint density at radius 3 is 2.93 bits per heavy atom. The average molecular weight is 200 g/mol. The molecule has 82 valence electrons. The second kappa shape index (κ2) is 5.32. The maximum Gasteiger partial charge on any atom is 0.239 e. The summed E-state index contributed by atoms with van der Waals surface area (Å²) >= 11 is 0. The van der Waals surface area contributed by atoms with E-state index >= 15 is 0 Å². The van der Waals surface area contributed by atoms with Crippen LogP contribution in [0, 0.1) is 5.92 Å². The molecule has 0 saturated carbocycles. The van der Waals surface area contributed by atoms with Crippen LogP contribution in [-0.2, 0) is 4.79 Å². The minimum atomic E-state index is -0.347. The van der Waals surface area contributed by atoms with E-state index < -0.39 is 0 Å². The molecule has 4 heteroatoms. The van der Waals surface area contributed by atoms with Gasteiger partial charge in [0.05, 0.1) is 6.61 Å². The number of amides is 1. The number of rotatable bonds is 3. The molecule has 1 fully saturated rings. The molecule has 1 heterocycles. The van der Waals surface area contributed by atoms with E-state index in [1.165, 1.54) is 0 Å². The van der Waals surface area contributed by atoms with E-state index in [0.29, 0.717) is 5.92 Å². The fraction of sp³-hybridized carbons (Fsp3) is 0.900. The number of nitrogens with one attached hydrogen (secondary N) is 1.